The third-order valence-electron chi connectivity index (χ3n) is 3.96. The average Bonchev–Trinajstić information content (AvgIpc) is 3.12. The second-order valence-corrected chi connectivity index (χ2v) is 6.74. The zero-order chi connectivity index (χ0) is 16.7. The number of nitrogens with one attached hydrogen (secondary N) is 1. The van der Waals surface area contributed by atoms with E-state index < -0.39 is 0 Å². The fourth-order valence-corrected chi connectivity index (χ4v) is 3.52. The van der Waals surface area contributed by atoms with E-state index in [0.29, 0.717) is 5.13 Å². The maximum absolute atomic E-state index is 12.3. The van der Waals surface area contributed by atoms with Crippen LogP contribution in [0.4, 0.5) is 5.13 Å². The summed E-state index contributed by atoms with van der Waals surface area (Å²) in [4.78, 5) is 16.8. The predicted octanol–water partition coefficient (Wildman–Crippen LogP) is 3.30. The number of para-hydroxylation sites is 1. The quantitative estimate of drug-likeness (QED) is 0.622. The van der Waals surface area contributed by atoms with Gasteiger partial charge in [-0.15, -0.1) is 5.10 Å². The Morgan fingerprint density at radius 1 is 1.17 bits per heavy atom. The van der Waals surface area contributed by atoms with Crippen molar-refractivity contribution < 1.29 is 4.79 Å². The van der Waals surface area contributed by atoms with Crippen LogP contribution in [0.5, 0.6) is 0 Å². The molecule has 1 N–H and O–H groups in total. The van der Waals surface area contributed by atoms with E-state index in [2.05, 4.69) is 40.5 Å². The molecule has 4 aromatic rings. The molecule has 0 aliphatic carbocycles. The van der Waals surface area contributed by atoms with Crippen LogP contribution in [0.1, 0.15) is 11.1 Å². The first-order valence-corrected chi connectivity index (χ1v) is 8.38. The van der Waals surface area contributed by atoms with E-state index in [9.17, 15) is 4.79 Å². The van der Waals surface area contributed by atoms with Gasteiger partial charge in [0.25, 0.3) is 0 Å². The Morgan fingerprint density at radius 3 is 2.83 bits per heavy atom. The van der Waals surface area contributed by atoms with Crippen molar-refractivity contribution in [3.63, 3.8) is 0 Å². The minimum Gasteiger partial charge on any atom is -0.300 e. The molecule has 7 heteroatoms. The number of thiazole rings is 1. The molecule has 0 spiro atoms. The molecule has 0 aliphatic heterocycles. The lowest BCUT2D eigenvalue weighted by atomic mass is 10.1. The van der Waals surface area contributed by atoms with Crippen molar-refractivity contribution in [1.82, 2.24) is 20.0 Å². The van der Waals surface area contributed by atoms with Gasteiger partial charge >= 0.3 is 0 Å². The molecule has 0 unspecified atom stereocenters. The second kappa shape index (κ2) is 5.68. The van der Waals surface area contributed by atoms with Gasteiger partial charge in [0.15, 0.2) is 5.13 Å². The van der Waals surface area contributed by atoms with E-state index in [1.807, 2.05) is 30.3 Å². The molecule has 0 saturated heterocycles. The van der Waals surface area contributed by atoms with Crippen LogP contribution in [0.25, 0.3) is 21.3 Å². The number of rotatable bonds is 3. The topological polar surface area (TPSA) is 72.7 Å². The summed E-state index contributed by atoms with van der Waals surface area (Å²) in [5, 5.41) is 11.5. The van der Waals surface area contributed by atoms with Crippen LogP contribution in [-0.2, 0) is 11.3 Å². The van der Waals surface area contributed by atoms with Gasteiger partial charge in [0.05, 0.1) is 15.7 Å². The van der Waals surface area contributed by atoms with Gasteiger partial charge in [0.1, 0.15) is 12.1 Å². The van der Waals surface area contributed by atoms with Crippen LogP contribution < -0.4 is 5.32 Å². The number of nitrogens with zero attached hydrogens (tertiary/aromatic N) is 4. The number of carbonyl (C=O) groups is 1. The number of aryl methyl sites for hydroxylation is 2. The van der Waals surface area contributed by atoms with Crippen molar-refractivity contribution >= 4 is 43.6 Å². The van der Waals surface area contributed by atoms with Crippen molar-refractivity contribution in [3.8, 4) is 0 Å². The molecule has 120 valence electrons. The number of fused-ring (bicyclic) bond motifs is 2. The van der Waals surface area contributed by atoms with Crippen LogP contribution in [0.15, 0.2) is 36.4 Å². The van der Waals surface area contributed by atoms with Gasteiger partial charge in [-0.2, -0.15) is 0 Å². The molecule has 2 aromatic heterocycles. The largest absolute Gasteiger partial charge is 0.300 e. The fourth-order valence-electron chi connectivity index (χ4n) is 2.56. The van der Waals surface area contributed by atoms with Crippen LogP contribution in [0.3, 0.4) is 0 Å². The molecule has 2 aromatic carbocycles. The highest BCUT2D eigenvalue weighted by molar-refractivity contribution is 7.22. The summed E-state index contributed by atoms with van der Waals surface area (Å²) < 4.78 is 2.66. The molecule has 0 atom stereocenters. The van der Waals surface area contributed by atoms with Gasteiger partial charge in [-0.1, -0.05) is 28.7 Å². The Bertz CT molecular complexity index is 1030. The van der Waals surface area contributed by atoms with Crippen molar-refractivity contribution in [2.45, 2.75) is 20.4 Å². The van der Waals surface area contributed by atoms with Gasteiger partial charge in [-0.3, -0.25) is 4.79 Å². The SMILES string of the molecule is Cc1cc2nc(NC(=O)Cn3nnc4ccccc43)sc2cc1C. The molecule has 0 bridgehead atoms. The molecule has 2 heterocycles. The van der Waals surface area contributed by atoms with Crippen molar-refractivity contribution in [3.05, 3.63) is 47.5 Å². The Kier molecular flexibility index (Phi) is 3.50. The van der Waals surface area contributed by atoms with Crippen molar-refractivity contribution in [2.75, 3.05) is 5.32 Å². The Labute approximate surface area is 142 Å². The molecule has 0 aliphatic rings. The lowest BCUT2D eigenvalue weighted by Crippen LogP contribution is -2.19. The third-order valence-corrected chi connectivity index (χ3v) is 4.90. The molecule has 6 nitrogen and oxygen atoms in total. The second-order valence-electron chi connectivity index (χ2n) is 5.71. The van der Waals surface area contributed by atoms with E-state index >= 15 is 0 Å². The van der Waals surface area contributed by atoms with Crippen molar-refractivity contribution in [2.24, 2.45) is 0 Å². The van der Waals surface area contributed by atoms with Gasteiger partial charge in [0.2, 0.25) is 5.91 Å². The van der Waals surface area contributed by atoms with Crippen LogP contribution in [0.2, 0.25) is 0 Å². The zero-order valence-corrected chi connectivity index (χ0v) is 14.1. The summed E-state index contributed by atoms with van der Waals surface area (Å²) in [5.41, 5.74) is 4.93. The molecular weight excluding hydrogens is 322 g/mol. The highest BCUT2D eigenvalue weighted by Gasteiger charge is 2.12. The lowest BCUT2D eigenvalue weighted by molar-refractivity contribution is -0.116. The van der Waals surface area contributed by atoms with Gasteiger partial charge in [-0.25, -0.2) is 9.67 Å². The Balaban J connectivity index is 1.55. The monoisotopic (exact) mass is 337 g/mol. The standard InChI is InChI=1S/C17H15N5OS/c1-10-7-13-15(8-11(10)2)24-17(18-13)19-16(23)9-22-14-6-4-3-5-12(14)20-21-22/h3-8H,9H2,1-2H3,(H,18,19,23). The zero-order valence-electron chi connectivity index (χ0n) is 13.3. The van der Waals surface area contributed by atoms with Gasteiger partial charge in [-0.05, 0) is 49.2 Å². The number of benzene rings is 2. The molecular formula is C17H15N5OS. The molecule has 4 rings (SSSR count). The van der Waals surface area contributed by atoms with E-state index in [1.165, 1.54) is 22.5 Å². The first kappa shape index (κ1) is 14.8. The van der Waals surface area contributed by atoms with E-state index in [1.54, 1.807) is 4.68 Å². The molecule has 24 heavy (non-hydrogen) atoms. The highest BCUT2D eigenvalue weighted by atomic mass is 32.1. The third kappa shape index (κ3) is 2.63. The minimum absolute atomic E-state index is 0.106. The summed E-state index contributed by atoms with van der Waals surface area (Å²) in [6.07, 6.45) is 0. The molecule has 0 fully saturated rings. The number of hydrogen-bond donors (Lipinski definition) is 1. The fraction of sp³-hybridized carbons (Fsp3) is 0.176. The maximum Gasteiger partial charge on any atom is 0.247 e. The van der Waals surface area contributed by atoms with Crippen LogP contribution in [-0.4, -0.2) is 25.9 Å². The summed E-state index contributed by atoms with van der Waals surface area (Å²) in [6, 6.07) is 11.7. The van der Waals surface area contributed by atoms with Gasteiger partial charge < -0.3 is 5.32 Å². The molecule has 0 saturated carbocycles. The normalized spacial score (nSPS) is 11.2. The maximum atomic E-state index is 12.3. The Hall–Kier alpha value is -2.80. The Morgan fingerprint density at radius 2 is 1.96 bits per heavy atom. The van der Waals surface area contributed by atoms with Gasteiger partial charge in [0, 0.05) is 0 Å². The number of aromatic nitrogens is 4. The first-order valence-electron chi connectivity index (χ1n) is 7.56. The summed E-state index contributed by atoms with van der Waals surface area (Å²) in [6.45, 7) is 4.24. The first-order chi connectivity index (χ1) is 11.6. The average molecular weight is 337 g/mol. The minimum atomic E-state index is -0.168. The van der Waals surface area contributed by atoms with Crippen LogP contribution in [0, 0.1) is 13.8 Å². The molecule has 0 radical (unpaired) electrons. The summed E-state index contributed by atoms with van der Waals surface area (Å²) >= 11 is 1.48. The van der Waals surface area contributed by atoms with E-state index in [-0.39, 0.29) is 12.5 Å². The summed E-state index contributed by atoms with van der Waals surface area (Å²) in [7, 11) is 0. The summed E-state index contributed by atoms with van der Waals surface area (Å²) in [5.74, 6) is -0.168. The number of carbonyl (C=O) groups excluding carboxylic acids is 1. The smallest absolute Gasteiger partial charge is 0.247 e. The number of amides is 1. The predicted molar refractivity (Wildman–Crippen MR) is 95.3 cm³/mol. The molecule has 1 amide bonds. The number of hydrogen-bond acceptors (Lipinski definition) is 5. The highest BCUT2D eigenvalue weighted by Crippen LogP contribution is 2.28. The van der Waals surface area contributed by atoms with E-state index in [0.717, 1.165) is 21.3 Å². The van der Waals surface area contributed by atoms with E-state index in [4.69, 9.17) is 0 Å². The number of anilines is 1. The van der Waals surface area contributed by atoms with Crippen molar-refractivity contribution in [1.29, 1.82) is 0 Å². The lowest BCUT2D eigenvalue weighted by Gasteiger charge is -2.02. The van der Waals surface area contributed by atoms with Crippen LogP contribution >= 0.6 is 11.3 Å².